The fourth-order valence-electron chi connectivity index (χ4n) is 1.11. The zero-order valence-electron chi connectivity index (χ0n) is 7.68. The fraction of sp³-hybridized carbons (Fsp3) is 0.286. The number of hydrogen-bond acceptors (Lipinski definition) is 5. The molecular weight excluding hydrogens is 206 g/mol. The highest BCUT2D eigenvalue weighted by molar-refractivity contribution is 7.75. The van der Waals surface area contributed by atoms with Crippen molar-refractivity contribution in [2.24, 2.45) is 0 Å². The normalized spacial score (nSPS) is 31.5. The van der Waals surface area contributed by atoms with Crippen LogP contribution in [-0.4, -0.2) is 45.8 Å². The largest absolute Gasteiger partial charge is 0.514 e. The van der Waals surface area contributed by atoms with Crippen LogP contribution in [0.25, 0.3) is 0 Å². The molecule has 1 unspecified atom stereocenters. The quantitative estimate of drug-likeness (QED) is 0.235. The van der Waals surface area contributed by atoms with Gasteiger partial charge in [0.25, 0.3) is 11.7 Å². The molecule has 1 heterocycles. The van der Waals surface area contributed by atoms with Crippen LogP contribution in [0, 0.1) is 5.41 Å². The SMILES string of the molecule is CN1C(=O)C(=CO)C(=N)[N+](C)(S)C1=O. The Labute approximate surface area is 86.1 Å². The Morgan fingerprint density at radius 2 is 2.07 bits per heavy atom. The number of carbonyl (C=O) groups excluding carboxylic acids is 2. The molecule has 6 nitrogen and oxygen atoms in total. The van der Waals surface area contributed by atoms with Gasteiger partial charge in [0.2, 0.25) is 0 Å². The van der Waals surface area contributed by atoms with Crippen molar-refractivity contribution in [2.45, 2.75) is 0 Å². The maximum atomic E-state index is 11.5. The third-order valence-electron chi connectivity index (χ3n) is 2.01. The van der Waals surface area contributed by atoms with Crippen molar-refractivity contribution >= 4 is 30.6 Å². The summed E-state index contributed by atoms with van der Waals surface area (Å²) in [6, 6.07) is -0.631. The van der Waals surface area contributed by atoms with E-state index in [2.05, 4.69) is 12.8 Å². The summed E-state index contributed by atoms with van der Waals surface area (Å²) in [4.78, 5) is 23.6. The first-order chi connectivity index (χ1) is 6.34. The van der Waals surface area contributed by atoms with E-state index in [0.29, 0.717) is 6.26 Å². The van der Waals surface area contributed by atoms with Crippen LogP contribution in [-0.2, 0) is 4.79 Å². The Morgan fingerprint density at radius 3 is 2.50 bits per heavy atom. The van der Waals surface area contributed by atoms with Crippen molar-refractivity contribution < 1.29 is 18.6 Å². The molecule has 1 rings (SSSR count). The minimum atomic E-state index is -0.702. The number of rotatable bonds is 0. The number of aliphatic hydroxyl groups excluding tert-OH is 1. The van der Waals surface area contributed by atoms with Gasteiger partial charge in [-0.25, -0.2) is 15.1 Å². The maximum absolute atomic E-state index is 11.5. The first-order valence-corrected chi connectivity index (χ1v) is 4.09. The molecule has 0 saturated carbocycles. The van der Waals surface area contributed by atoms with E-state index in [9.17, 15) is 9.59 Å². The van der Waals surface area contributed by atoms with E-state index in [4.69, 9.17) is 10.5 Å². The Hall–Kier alpha value is -1.34. The molecule has 1 atom stereocenters. The van der Waals surface area contributed by atoms with Crippen molar-refractivity contribution in [1.82, 2.24) is 4.90 Å². The second kappa shape index (κ2) is 3.10. The second-order valence-corrected chi connectivity index (χ2v) is 3.80. The standard InChI is InChI=1S/C7H9N3O3S/c1-9-6(12)4(3-11)5(8)10(2,14)7(9)13/h3,14H,1-2H3,(H-,8,11,12)/p+1. The minimum Gasteiger partial charge on any atom is -0.514 e. The minimum absolute atomic E-state index is 0.232. The van der Waals surface area contributed by atoms with Crippen LogP contribution in [0.5, 0.6) is 0 Å². The van der Waals surface area contributed by atoms with Gasteiger partial charge in [-0.05, 0) is 0 Å². The molecule has 14 heavy (non-hydrogen) atoms. The van der Waals surface area contributed by atoms with Crippen molar-refractivity contribution in [3.63, 3.8) is 0 Å². The van der Waals surface area contributed by atoms with E-state index in [0.717, 1.165) is 4.90 Å². The lowest BCUT2D eigenvalue weighted by atomic mass is 10.2. The van der Waals surface area contributed by atoms with Gasteiger partial charge in [-0.15, -0.1) is 3.89 Å². The van der Waals surface area contributed by atoms with Crippen LogP contribution < -0.4 is 0 Å². The fourth-order valence-corrected chi connectivity index (χ4v) is 1.35. The number of likely N-dealkylation sites (N-methyl/N-ethyl adjacent to an activating group) is 2. The molecule has 7 heteroatoms. The highest BCUT2D eigenvalue weighted by Crippen LogP contribution is 2.24. The van der Waals surface area contributed by atoms with E-state index in [1.807, 2.05) is 0 Å². The van der Waals surface area contributed by atoms with Gasteiger partial charge in [-0.2, -0.15) is 0 Å². The summed E-state index contributed by atoms with van der Waals surface area (Å²) < 4.78 is -0.686. The number of carbonyl (C=O) groups is 2. The van der Waals surface area contributed by atoms with E-state index in [1.165, 1.54) is 14.1 Å². The molecule has 0 aliphatic carbocycles. The molecule has 0 spiro atoms. The topological polar surface area (TPSA) is 81.5 Å². The number of nitrogens with zero attached hydrogens (tertiary/aromatic N) is 2. The molecule has 1 fully saturated rings. The number of hydrogen-bond donors (Lipinski definition) is 3. The molecule has 0 radical (unpaired) electrons. The summed E-state index contributed by atoms with van der Waals surface area (Å²) in [5.41, 5.74) is -0.232. The van der Waals surface area contributed by atoms with Gasteiger partial charge in [0.05, 0.1) is 26.1 Å². The number of imide groups is 1. The van der Waals surface area contributed by atoms with Crippen LogP contribution in [0.2, 0.25) is 0 Å². The summed E-state index contributed by atoms with van der Waals surface area (Å²) >= 11 is 3.94. The monoisotopic (exact) mass is 216 g/mol. The van der Waals surface area contributed by atoms with Gasteiger partial charge >= 0.3 is 6.03 Å². The molecule has 1 aliphatic rings. The Kier molecular flexibility index (Phi) is 2.38. The maximum Gasteiger partial charge on any atom is 0.443 e. The number of amides is 3. The van der Waals surface area contributed by atoms with Crippen molar-refractivity contribution in [2.75, 3.05) is 14.1 Å². The highest BCUT2D eigenvalue weighted by atomic mass is 32.1. The summed E-state index contributed by atoms with van der Waals surface area (Å²) in [5, 5.41) is 16.3. The Balaban J connectivity index is 3.29. The highest BCUT2D eigenvalue weighted by Gasteiger charge is 2.49. The van der Waals surface area contributed by atoms with Gasteiger partial charge in [0.15, 0.2) is 5.57 Å². The molecule has 0 aromatic heterocycles. The van der Waals surface area contributed by atoms with E-state index in [-0.39, 0.29) is 11.4 Å². The summed E-state index contributed by atoms with van der Waals surface area (Å²) in [5.74, 6) is -1.05. The number of amidine groups is 1. The Bertz CT molecular complexity index is 361. The first-order valence-electron chi connectivity index (χ1n) is 3.69. The number of urea groups is 1. The molecule has 0 bridgehead atoms. The van der Waals surface area contributed by atoms with Crippen molar-refractivity contribution in [3.05, 3.63) is 11.8 Å². The van der Waals surface area contributed by atoms with Crippen molar-refractivity contribution in [1.29, 1.82) is 5.41 Å². The summed E-state index contributed by atoms with van der Waals surface area (Å²) in [6.45, 7) is 0. The molecular formula is C7H10N3O3S+. The van der Waals surface area contributed by atoms with Crippen LogP contribution in [0.3, 0.4) is 0 Å². The number of nitrogens with one attached hydrogen (secondary N) is 1. The van der Waals surface area contributed by atoms with Crippen molar-refractivity contribution in [3.8, 4) is 0 Å². The van der Waals surface area contributed by atoms with E-state index < -0.39 is 15.8 Å². The number of aliphatic hydroxyl groups is 1. The van der Waals surface area contributed by atoms with Gasteiger partial charge in [-0.1, -0.05) is 0 Å². The lowest BCUT2D eigenvalue weighted by Gasteiger charge is -2.32. The zero-order valence-corrected chi connectivity index (χ0v) is 8.58. The Morgan fingerprint density at radius 1 is 1.57 bits per heavy atom. The van der Waals surface area contributed by atoms with Crippen LogP contribution in [0.15, 0.2) is 11.8 Å². The summed E-state index contributed by atoms with van der Waals surface area (Å²) in [7, 11) is 2.62. The van der Waals surface area contributed by atoms with Crippen LogP contribution >= 0.6 is 12.8 Å². The average molecular weight is 216 g/mol. The molecule has 1 saturated heterocycles. The van der Waals surface area contributed by atoms with Gasteiger partial charge < -0.3 is 5.11 Å². The molecule has 0 aromatic carbocycles. The van der Waals surface area contributed by atoms with Gasteiger partial charge in [0, 0.05) is 7.05 Å². The molecule has 3 amide bonds. The van der Waals surface area contributed by atoms with E-state index in [1.54, 1.807) is 0 Å². The summed E-state index contributed by atoms with van der Waals surface area (Å²) in [6.07, 6.45) is 0.514. The molecule has 2 N–H and O–H groups in total. The van der Waals surface area contributed by atoms with Gasteiger partial charge in [-0.3, -0.25) is 4.79 Å². The first kappa shape index (κ1) is 10.7. The van der Waals surface area contributed by atoms with E-state index >= 15 is 0 Å². The number of quaternary nitrogens is 1. The molecule has 1 aliphatic heterocycles. The lowest BCUT2D eigenvalue weighted by Crippen LogP contribution is -2.60. The molecule has 76 valence electrons. The zero-order chi connectivity index (χ0) is 11.1. The lowest BCUT2D eigenvalue weighted by molar-refractivity contribution is -0.580. The second-order valence-electron chi connectivity index (χ2n) is 3.00. The average Bonchev–Trinajstić information content (AvgIpc) is 2.14. The smallest absolute Gasteiger partial charge is 0.443 e. The number of thiol groups is 1. The predicted molar refractivity (Wildman–Crippen MR) is 51.8 cm³/mol. The van der Waals surface area contributed by atoms with Crippen LogP contribution in [0.4, 0.5) is 4.79 Å². The van der Waals surface area contributed by atoms with Gasteiger partial charge in [0.1, 0.15) is 0 Å². The predicted octanol–water partition coefficient (Wildman–Crippen LogP) is 0.289. The molecule has 0 aromatic rings. The van der Waals surface area contributed by atoms with Crippen LogP contribution in [0.1, 0.15) is 0 Å². The third-order valence-corrected chi connectivity index (χ3v) is 2.39. The third kappa shape index (κ3) is 1.21.